The Hall–Kier alpha value is -2.78. The highest BCUT2D eigenvalue weighted by Crippen LogP contribution is 2.51. The highest BCUT2D eigenvalue weighted by molar-refractivity contribution is 7.23. The number of carbonyl (C=O) groups is 2. The Labute approximate surface area is 481 Å². The molecule has 2 aliphatic rings. The van der Waals surface area contributed by atoms with Crippen LogP contribution in [0.1, 0.15) is 278 Å². The highest BCUT2D eigenvalue weighted by Gasteiger charge is 2.50. The maximum absolute atomic E-state index is 15.7. The largest absolute Gasteiger partial charge is 0.306 e. The fraction of sp³-hybridized carbons (Fsp3) is 0.676. The van der Waals surface area contributed by atoms with Gasteiger partial charge in [0.25, 0.3) is 11.8 Å². The third-order valence-corrected chi connectivity index (χ3v) is 21.5. The van der Waals surface area contributed by atoms with E-state index in [9.17, 15) is 0 Å². The Bertz CT molecular complexity index is 2210. The minimum absolute atomic E-state index is 0.0360. The smallest absolute Gasteiger partial charge is 0.261 e. The molecule has 0 unspecified atom stereocenters. The summed E-state index contributed by atoms with van der Waals surface area (Å²) in [4.78, 5) is 45.8. The van der Waals surface area contributed by atoms with Crippen LogP contribution in [0.2, 0.25) is 0 Å². The first kappa shape index (κ1) is 62.4. The van der Waals surface area contributed by atoms with Gasteiger partial charge in [-0.1, -0.05) is 208 Å². The first-order valence-corrected chi connectivity index (χ1v) is 35.0. The van der Waals surface area contributed by atoms with Gasteiger partial charge < -0.3 is 9.80 Å². The zero-order chi connectivity index (χ0) is 54.1. The molecule has 422 valence electrons. The van der Waals surface area contributed by atoms with Crippen LogP contribution in [-0.4, -0.2) is 34.7 Å². The summed E-state index contributed by atoms with van der Waals surface area (Å²) in [6, 6.07) is 13.9. The van der Waals surface area contributed by atoms with Crippen molar-refractivity contribution in [1.82, 2.24) is 9.80 Å². The van der Waals surface area contributed by atoms with Gasteiger partial charge in [0.15, 0.2) is 0 Å². The molecule has 0 aromatic carbocycles. The van der Waals surface area contributed by atoms with Crippen LogP contribution in [0, 0.1) is 25.7 Å². The first-order valence-electron chi connectivity index (χ1n) is 31.7. The van der Waals surface area contributed by atoms with Crippen molar-refractivity contribution in [3.63, 3.8) is 0 Å². The zero-order valence-electron chi connectivity index (χ0n) is 49.4. The Morgan fingerprint density at radius 2 is 0.645 bits per heavy atom. The maximum atomic E-state index is 15.7. The predicted molar refractivity (Wildman–Crippen MR) is 338 cm³/mol. The molecule has 4 aromatic rings. The van der Waals surface area contributed by atoms with Gasteiger partial charge in [-0.3, -0.25) is 9.59 Å². The van der Waals surface area contributed by atoms with E-state index < -0.39 is 0 Å². The molecule has 2 aliphatic heterocycles. The molecule has 4 nitrogen and oxygen atoms in total. The summed E-state index contributed by atoms with van der Waals surface area (Å²) in [5, 5.41) is 0. The van der Waals surface area contributed by atoms with E-state index in [0.717, 1.165) is 111 Å². The molecule has 6 heterocycles. The lowest BCUT2D eigenvalue weighted by molar-refractivity contribution is -0.124. The third-order valence-electron chi connectivity index (χ3n) is 16.7. The fourth-order valence-electron chi connectivity index (χ4n) is 12.0. The summed E-state index contributed by atoms with van der Waals surface area (Å²) in [6.07, 6.45) is 43.0. The van der Waals surface area contributed by atoms with Gasteiger partial charge in [0, 0.05) is 42.4 Å². The van der Waals surface area contributed by atoms with Crippen LogP contribution >= 0.6 is 45.3 Å². The van der Waals surface area contributed by atoms with Crippen molar-refractivity contribution >= 4 is 68.6 Å². The van der Waals surface area contributed by atoms with Gasteiger partial charge in [0.2, 0.25) is 0 Å². The van der Waals surface area contributed by atoms with Gasteiger partial charge >= 0.3 is 0 Å². The molecule has 0 bridgehead atoms. The standard InChI is InChI=1S/C68H104N2O2S4/c1-9-15-21-23-25-27-29-31-33-35-41-55-47-61(73-51(55)7)57-43-45-59(75-57)65-63-64(68(72)69(65)49-53(37-17-11-3)38-18-12-4)66(70(67(63)71)50-54(39-19-13-5)40-20-14-6)60-46-44-58(76-60)62-48-56(52(8)74-62)42-36-34-32-30-28-26-24-22-16-10-2/h43-48,53-54H,9-42,49-50H2,1-8H3. The molecule has 0 saturated heterocycles. The van der Waals surface area contributed by atoms with Crippen LogP contribution < -0.4 is 0 Å². The number of hydrogen-bond acceptors (Lipinski definition) is 6. The second-order valence-corrected chi connectivity index (χ2v) is 27.8. The van der Waals surface area contributed by atoms with Crippen LogP contribution in [0.25, 0.3) is 30.9 Å². The number of unbranched alkanes of at least 4 members (excludes halogenated alkanes) is 22. The SMILES string of the molecule is CCCCCCCCCCCCc1cc(-c2ccc(C3=C4C(=O)N(CC(CCCC)CCCC)C(c5ccc(-c6cc(CCCCCCCCCCCC)c(C)s6)s5)=C4C(=O)N3CC(CCCC)CCCC)s2)sc1C. The van der Waals surface area contributed by atoms with E-state index in [2.05, 4.69) is 102 Å². The van der Waals surface area contributed by atoms with Crippen molar-refractivity contribution in [1.29, 1.82) is 0 Å². The lowest BCUT2D eigenvalue weighted by Gasteiger charge is -2.29. The molecule has 2 amide bonds. The van der Waals surface area contributed by atoms with E-state index >= 15 is 9.59 Å². The minimum Gasteiger partial charge on any atom is -0.306 e. The summed E-state index contributed by atoms with van der Waals surface area (Å²) in [5.41, 5.74) is 6.04. The molecular weight excluding hydrogens is 1010 g/mol. The van der Waals surface area contributed by atoms with Crippen molar-refractivity contribution in [2.24, 2.45) is 11.8 Å². The van der Waals surface area contributed by atoms with Crippen LogP contribution in [0.4, 0.5) is 0 Å². The van der Waals surface area contributed by atoms with Crippen molar-refractivity contribution < 1.29 is 9.59 Å². The Morgan fingerprint density at radius 3 is 0.961 bits per heavy atom. The minimum atomic E-state index is 0.0360. The molecule has 0 N–H and O–H groups in total. The molecule has 6 rings (SSSR count). The van der Waals surface area contributed by atoms with Gasteiger partial charge in [-0.2, -0.15) is 0 Å². The van der Waals surface area contributed by atoms with Gasteiger partial charge in [0.05, 0.1) is 32.3 Å². The zero-order valence-corrected chi connectivity index (χ0v) is 52.7. The van der Waals surface area contributed by atoms with Crippen molar-refractivity contribution in [2.45, 2.75) is 274 Å². The molecule has 0 aliphatic carbocycles. The lowest BCUT2D eigenvalue weighted by Crippen LogP contribution is -2.34. The van der Waals surface area contributed by atoms with Crippen molar-refractivity contribution in [2.75, 3.05) is 13.1 Å². The third kappa shape index (κ3) is 18.1. The van der Waals surface area contributed by atoms with E-state index in [-0.39, 0.29) is 11.8 Å². The number of nitrogens with zero attached hydrogens (tertiary/aromatic N) is 2. The van der Waals surface area contributed by atoms with E-state index in [1.54, 1.807) is 22.7 Å². The second-order valence-electron chi connectivity index (χ2n) is 23.2. The number of thiophene rings is 4. The molecule has 8 heteroatoms. The predicted octanol–water partition coefficient (Wildman–Crippen LogP) is 22.6. The molecule has 0 radical (unpaired) electrons. The molecule has 0 saturated carbocycles. The van der Waals surface area contributed by atoms with Gasteiger partial charge in [-0.25, -0.2) is 0 Å². The molecule has 76 heavy (non-hydrogen) atoms. The van der Waals surface area contributed by atoms with Gasteiger partial charge in [-0.15, -0.1) is 45.3 Å². The van der Waals surface area contributed by atoms with Crippen molar-refractivity contribution in [3.05, 3.63) is 78.2 Å². The fourth-order valence-corrected chi connectivity index (χ4v) is 16.4. The number of fused-ring (bicyclic) bond motifs is 1. The molecule has 0 spiro atoms. The lowest BCUT2D eigenvalue weighted by atomic mass is 9.95. The maximum Gasteiger partial charge on any atom is 0.261 e. The van der Waals surface area contributed by atoms with Gasteiger partial charge in [-0.05, 0) is 125 Å². The quantitative estimate of drug-likeness (QED) is 0.0415. The first-order chi connectivity index (χ1) is 37.2. The summed E-state index contributed by atoms with van der Waals surface area (Å²) in [7, 11) is 0. The number of hydrogen-bond donors (Lipinski definition) is 0. The monoisotopic (exact) mass is 1110 g/mol. The summed E-state index contributed by atoms with van der Waals surface area (Å²) in [6.45, 7) is 19.6. The molecule has 4 aromatic heterocycles. The normalized spacial score (nSPS) is 14.0. The topological polar surface area (TPSA) is 40.6 Å². The number of rotatable bonds is 42. The van der Waals surface area contributed by atoms with Crippen LogP contribution in [0.3, 0.4) is 0 Å². The summed E-state index contributed by atoms with van der Waals surface area (Å²) < 4.78 is 0. The van der Waals surface area contributed by atoms with Crippen LogP contribution in [0.5, 0.6) is 0 Å². The van der Waals surface area contributed by atoms with Gasteiger partial charge in [0.1, 0.15) is 0 Å². The molecular formula is C68H104N2O2S4. The van der Waals surface area contributed by atoms with Crippen LogP contribution in [-0.2, 0) is 22.4 Å². The number of carbonyl (C=O) groups excluding carboxylic acids is 2. The number of aryl methyl sites for hydroxylation is 4. The molecule has 0 atom stereocenters. The average Bonchev–Trinajstić information content (AvgIpc) is 4.37. The summed E-state index contributed by atoms with van der Waals surface area (Å²) in [5.74, 6) is 0.847. The van der Waals surface area contributed by atoms with E-state index in [4.69, 9.17) is 0 Å². The van der Waals surface area contributed by atoms with E-state index in [1.807, 2.05) is 22.7 Å². The van der Waals surface area contributed by atoms with Crippen LogP contribution in [0.15, 0.2) is 47.5 Å². The van der Waals surface area contributed by atoms with Crippen molar-refractivity contribution in [3.8, 4) is 19.5 Å². The summed E-state index contributed by atoms with van der Waals surface area (Å²) >= 11 is 7.41. The van der Waals surface area contributed by atoms with E-state index in [0.29, 0.717) is 36.1 Å². The Kier molecular flexibility index (Phi) is 28.2. The Morgan fingerprint density at radius 1 is 0.355 bits per heavy atom. The van der Waals surface area contributed by atoms with E-state index in [1.165, 1.54) is 169 Å². The Balaban J connectivity index is 1.31. The second kappa shape index (κ2) is 34.4. The highest BCUT2D eigenvalue weighted by atomic mass is 32.1. The molecule has 0 fully saturated rings. The number of amides is 2. The average molecular weight is 1110 g/mol.